The Hall–Kier alpha value is -2.27. The lowest BCUT2D eigenvalue weighted by Gasteiger charge is -2.70. The summed E-state index contributed by atoms with van der Waals surface area (Å²) < 4.78 is 31.7. The summed E-state index contributed by atoms with van der Waals surface area (Å²) in [5.41, 5.74) is -4.06. The fraction of sp³-hybridized carbons (Fsp3) is 0.811. The van der Waals surface area contributed by atoms with E-state index in [0.717, 1.165) is 50.5 Å². The van der Waals surface area contributed by atoms with Crippen LogP contribution in [0, 0.1) is 39.9 Å². The van der Waals surface area contributed by atoms with Crippen molar-refractivity contribution < 1.29 is 48.0 Å². The van der Waals surface area contributed by atoms with Crippen molar-refractivity contribution in [3.63, 3.8) is 0 Å². The number of epoxide rings is 1. The van der Waals surface area contributed by atoms with Gasteiger partial charge in [-0.15, -0.1) is 0 Å². The molecule has 5 heterocycles. The molecule has 11 atom stereocenters. The minimum atomic E-state index is -1.38. The molecule has 3 saturated carbocycles. The zero-order valence-corrected chi connectivity index (χ0v) is 28.1. The SMILES string of the molecule is CCCC(CO)Cc1occc1C1OC(=O)C2OC23C1(C)CCC1C24COC(=O)CC2OC(C)(C)C4C(=O)C(O)C13C1CCCCC1. The molecule has 11 unspecified atom stereocenters. The van der Waals surface area contributed by atoms with E-state index in [-0.39, 0.29) is 49.1 Å². The van der Waals surface area contributed by atoms with Crippen molar-refractivity contribution in [1.82, 2.24) is 0 Å². The third-order valence-corrected chi connectivity index (χ3v) is 14.2. The Morgan fingerprint density at radius 1 is 1.02 bits per heavy atom. The highest BCUT2D eigenvalue weighted by Gasteiger charge is 2.92. The summed E-state index contributed by atoms with van der Waals surface area (Å²) in [5, 5.41) is 22.9. The lowest BCUT2D eigenvalue weighted by atomic mass is 9.33. The van der Waals surface area contributed by atoms with Crippen LogP contribution in [-0.4, -0.2) is 70.7 Å². The first-order chi connectivity index (χ1) is 22.4. The maximum Gasteiger partial charge on any atom is 0.339 e. The van der Waals surface area contributed by atoms with Crippen molar-refractivity contribution in [2.45, 2.75) is 134 Å². The highest BCUT2D eigenvalue weighted by Crippen LogP contribution is 2.82. The first-order valence-electron chi connectivity index (χ1n) is 18.0. The zero-order chi connectivity index (χ0) is 33.1. The number of Topliss-reactive ketones (excluding diaryl/α,β-unsaturated/α-hetero) is 1. The zero-order valence-electron chi connectivity index (χ0n) is 28.1. The molecule has 47 heavy (non-hydrogen) atoms. The van der Waals surface area contributed by atoms with Gasteiger partial charge in [0.1, 0.15) is 30.2 Å². The van der Waals surface area contributed by atoms with E-state index < -0.39 is 63.8 Å². The highest BCUT2D eigenvalue weighted by atomic mass is 16.7. The van der Waals surface area contributed by atoms with Gasteiger partial charge in [-0.3, -0.25) is 9.59 Å². The molecule has 10 nitrogen and oxygen atoms in total. The van der Waals surface area contributed by atoms with Gasteiger partial charge in [0.15, 0.2) is 11.9 Å². The summed E-state index contributed by atoms with van der Waals surface area (Å²) in [5.74, 6) is -1.44. The smallest absolute Gasteiger partial charge is 0.339 e. The maximum absolute atomic E-state index is 15.0. The second kappa shape index (κ2) is 10.6. The summed E-state index contributed by atoms with van der Waals surface area (Å²) in [4.78, 5) is 41.8. The van der Waals surface area contributed by atoms with Crippen molar-refractivity contribution in [2.24, 2.45) is 39.9 Å². The monoisotopic (exact) mass is 654 g/mol. The minimum Gasteiger partial charge on any atom is -0.469 e. The minimum absolute atomic E-state index is 0.00527. The second-order valence-corrected chi connectivity index (χ2v) is 16.6. The molecule has 3 aliphatic carbocycles. The average Bonchev–Trinajstić information content (AvgIpc) is 3.58. The van der Waals surface area contributed by atoms with Gasteiger partial charge in [0, 0.05) is 34.8 Å². The number of fused-ring (bicyclic) bond motifs is 1. The van der Waals surface area contributed by atoms with Gasteiger partial charge in [0.05, 0.1) is 30.3 Å². The Labute approximate surface area is 276 Å². The van der Waals surface area contributed by atoms with Crippen LogP contribution >= 0.6 is 0 Å². The lowest BCUT2D eigenvalue weighted by Crippen LogP contribution is -2.79. The molecule has 258 valence electrons. The number of rotatable bonds is 7. The van der Waals surface area contributed by atoms with Crippen LogP contribution in [0.15, 0.2) is 16.7 Å². The van der Waals surface area contributed by atoms with Crippen LogP contribution in [0.4, 0.5) is 0 Å². The topological polar surface area (TPSA) is 145 Å². The number of furan rings is 1. The number of hydrogen-bond acceptors (Lipinski definition) is 10. The van der Waals surface area contributed by atoms with Gasteiger partial charge in [0.2, 0.25) is 0 Å². The summed E-state index contributed by atoms with van der Waals surface area (Å²) in [6, 6.07) is 1.87. The van der Waals surface area contributed by atoms with Crippen LogP contribution in [0.1, 0.15) is 109 Å². The van der Waals surface area contributed by atoms with E-state index in [4.69, 9.17) is 23.4 Å². The van der Waals surface area contributed by atoms with Gasteiger partial charge in [-0.2, -0.15) is 0 Å². The van der Waals surface area contributed by atoms with Gasteiger partial charge in [0.25, 0.3) is 0 Å². The summed E-state index contributed by atoms with van der Waals surface area (Å²) >= 11 is 0. The Bertz CT molecular complexity index is 1460. The number of carbonyl (C=O) groups is 3. The number of ether oxygens (including phenoxy) is 4. The standard InChI is InChI=1S/C37H50O10/c1-5-9-20(18-38)16-23-22(13-15-43-23)30-34(4)14-12-24-35-19-44-26(39)17-25(35)46-33(2,3)28(35)27(40)29(41)36(24,21-10-7-6-8-11-21)37(34)31(47-37)32(42)45-30/h13,15,20-21,24-25,28-31,38,41H,5-12,14,16-19H2,1-4H3. The van der Waals surface area contributed by atoms with Crippen molar-refractivity contribution in [2.75, 3.05) is 13.2 Å². The summed E-state index contributed by atoms with van der Waals surface area (Å²) in [7, 11) is 0. The van der Waals surface area contributed by atoms with E-state index in [9.17, 15) is 24.6 Å². The molecule has 7 fully saturated rings. The van der Waals surface area contributed by atoms with Gasteiger partial charge in [-0.05, 0) is 69.8 Å². The number of aliphatic hydroxyl groups excluding tert-OH is 2. The van der Waals surface area contributed by atoms with Crippen LogP contribution in [-0.2, 0) is 39.8 Å². The van der Waals surface area contributed by atoms with E-state index in [1.165, 1.54) is 0 Å². The molecule has 0 aromatic carbocycles. The van der Waals surface area contributed by atoms with E-state index >= 15 is 0 Å². The molecule has 0 radical (unpaired) electrons. The molecule has 4 aliphatic heterocycles. The van der Waals surface area contributed by atoms with E-state index in [0.29, 0.717) is 25.0 Å². The molecule has 2 N–H and O–H groups in total. The molecule has 7 aliphatic rings. The largest absolute Gasteiger partial charge is 0.469 e. The fourth-order valence-electron chi connectivity index (χ4n) is 12.7. The number of hydrogen-bond donors (Lipinski definition) is 2. The predicted octanol–water partition coefficient (Wildman–Crippen LogP) is 4.62. The molecule has 8 rings (SSSR count). The van der Waals surface area contributed by atoms with Crippen LogP contribution in [0.2, 0.25) is 0 Å². The predicted molar refractivity (Wildman–Crippen MR) is 166 cm³/mol. The number of carbonyl (C=O) groups excluding carboxylic acids is 3. The van der Waals surface area contributed by atoms with Gasteiger partial charge < -0.3 is 33.6 Å². The normalized spacial score (nSPS) is 45.9. The molecular weight excluding hydrogens is 604 g/mol. The van der Waals surface area contributed by atoms with Crippen LogP contribution < -0.4 is 0 Å². The number of aliphatic hydroxyl groups is 2. The molecule has 1 aromatic rings. The van der Waals surface area contributed by atoms with Crippen LogP contribution in [0.3, 0.4) is 0 Å². The molecule has 0 bridgehead atoms. The van der Waals surface area contributed by atoms with Crippen molar-refractivity contribution in [1.29, 1.82) is 0 Å². The van der Waals surface area contributed by atoms with Gasteiger partial charge in [-0.25, -0.2) is 4.79 Å². The van der Waals surface area contributed by atoms with Gasteiger partial charge >= 0.3 is 11.9 Å². The molecular formula is C37H50O10. The number of cyclic esters (lactones) is 2. The Morgan fingerprint density at radius 2 is 1.79 bits per heavy atom. The summed E-state index contributed by atoms with van der Waals surface area (Å²) in [6.07, 6.45) is 6.28. The van der Waals surface area contributed by atoms with E-state index in [2.05, 4.69) is 13.8 Å². The Kier molecular flexibility index (Phi) is 7.22. The van der Waals surface area contributed by atoms with E-state index in [1.807, 2.05) is 19.9 Å². The van der Waals surface area contributed by atoms with E-state index in [1.54, 1.807) is 6.26 Å². The van der Waals surface area contributed by atoms with Gasteiger partial charge in [-0.1, -0.05) is 39.5 Å². The van der Waals surface area contributed by atoms with Crippen LogP contribution in [0.5, 0.6) is 0 Å². The number of esters is 2. The fourth-order valence-corrected chi connectivity index (χ4v) is 12.7. The molecule has 10 heteroatoms. The second-order valence-electron chi connectivity index (χ2n) is 16.6. The van der Waals surface area contributed by atoms with Crippen molar-refractivity contribution in [3.8, 4) is 0 Å². The average molecular weight is 655 g/mol. The van der Waals surface area contributed by atoms with Crippen LogP contribution in [0.25, 0.3) is 0 Å². The highest BCUT2D eigenvalue weighted by molar-refractivity contribution is 5.92. The van der Waals surface area contributed by atoms with Crippen molar-refractivity contribution >= 4 is 17.7 Å². The van der Waals surface area contributed by atoms with Crippen molar-refractivity contribution in [3.05, 3.63) is 23.7 Å². The lowest BCUT2D eigenvalue weighted by molar-refractivity contribution is -0.275. The quantitative estimate of drug-likeness (QED) is 0.316. The molecule has 4 saturated heterocycles. The first-order valence-corrected chi connectivity index (χ1v) is 18.0. The molecule has 0 amide bonds. The maximum atomic E-state index is 15.0. The Balaban J connectivity index is 1.32. The Morgan fingerprint density at radius 3 is 2.51 bits per heavy atom. The first kappa shape index (κ1) is 32.0. The third kappa shape index (κ3) is 3.85. The summed E-state index contributed by atoms with van der Waals surface area (Å²) in [6.45, 7) is 8.08. The molecule has 1 aromatic heterocycles. The number of ketones is 1. The molecule has 2 spiro atoms. The third-order valence-electron chi connectivity index (χ3n) is 14.2.